The van der Waals surface area contributed by atoms with Crippen LogP contribution in [0.25, 0.3) is 0 Å². The van der Waals surface area contributed by atoms with Gasteiger partial charge in [-0.15, -0.1) is 0 Å². The van der Waals surface area contributed by atoms with E-state index < -0.39 is 24.3 Å². The normalized spacial score (nSPS) is 13.1. The summed E-state index contributed by atoms with van der Waals surface area (Å²) in [7, 11) is 0. The summed E-state index contributed by atoms with van der Waals surface area (Å²) in [5.74, 6) is -2.24. The van der Waals surface area contributed by atoms with Crippen LogP contribution in [0.2, 0.25) is 10.0 Å². The number of hydrogen-bond acceptors (Lipinski definition) is 4. The molecule has 23 heavy (non-hydrogen) atoms. The highest BCUT2D eigenvalue weighted by Gasteiger charge is 2.37. The molecule has 0 saturated carbocycles. The third-order valence-corrected chi connectivity index (χ3v) is 3.86. The molecule has 0 atom stereocenters. The summed E-state index contributed by atoms with van der Waals surface area (Å²) >= 11 is 11.7. The van der Waals surface area contributed by atoms with E-state index in [0.29, 0.717) is 6.54 Å². The second kappa shape index (κ2) is 6.97. The van der Waals surface area contributed by atoms with Gasteiger partial charge in [0.25, 0.3) is 11.8 Å². The average Bonchev–Trinajstić information content (AvgIpc) is 2.71. The van der Waals surface area contributed by atoms with Crippen molar-refractivity contribution in [2.24, 2.45) is 0 Å². The van der Waals surface area contributed by atoms with Gasteiger partial charge in [-0.2, -0.15) is 0 Å². The Hall–Kier alpha value is -2.12. The minimum absolute atomic E-state index is 0.0981. The Morgan fingerprint density at radius 2 is 1.52 bits per heavy atom. The van der Waals surface area contributed by atoms with Gasteiger partial charge in [0, 0.05) is 6.54 Å². The molecule has 7 nitrogen and oxygen atoms in total. The standard InChI is InChI=1S/C14H13Cl2N3O4/c1-2-17-11(20)5-18-12(21)6-19-13(22)7-3-9(15)10(16)4-8(7)14(19)23/h3-4H,2,5-6H2,1H3,(H,17,20)(H,18,21). The molecule has 1 heterocycles. The quantitative estimate of drug-likeness (QED) is 0.763. The lowest BCUT2D eigenvalue weighted by Crippen LogP contribution is -2.43. The van der Waals surface area contributed by atoms with Crippen LogP contribution in [-0.2, 0) is 9.59 Å². The van der Waals surface area contributed by atoms with Crippen molar-refractivity contribution in [3.8, 4) is 0 Å². The lowest BCUT2D eigenvalue weighted by molar-refractivity contribution is -0.126. The van der Waals surface area contributed by atoms with Gasteiger partial charge in [0.1, 0.15) is 6.54 Å². The number of nitrogens with one attached hydrogen (secondary N) is 2. The Labute approximate surface area is 141 Å². The fourth-order valence-electron chi connectivity index (χ4n) is 2.07. The van der Waals surface area contributed by atoms with Crippen LogP contribution in [0.1, 0.15) is 27.6 Å². The van der Waals surface area contributed by atoms with Crippen LogP contribution >= 0.6 is 23.2 Å². The van der Waals surface area contributed by atoms with Gasteiger partial charge < -0.3 is 10.6 Å². The van der Waals surface area contributed by atoms with Crippen molar-refractivity contribution in [2.45, 2.75) is 6.92 Å². The molecule has 0 aromatic heterocycles. The van der Waals surface area contributed by atoms with Crippen molar-refractivity contribution >= 4 is 46.8 Å². The van der Waals surface area contributed by atoms with Gasteiger partial charge in [0.2, 0.25) is 11.8 Å². The van der Waals surface area contributed by atoms with E-state index in [1.165, 1.54) is 12.1 Å². The third kappa shape index (κ3) is 3.62. The number of hydrogen-bond donors (Lipinski definition) is 2. The average molecular weight is 358 g/mol. The molecule has 1 aromatic carbocycles. The zero-order valence-corrected chi connectivity index (χ0v) is 13.6. The number of benzene rings is 1. The second-order valence-electron chi connectivity index (χ2n) is 4.74. The number of rotatable bonds is 5. The molecular formula is C14H13Cl2N3O4. The van der Waals surface area contributed by atoms with Gasteiger partial charge in [0.15, 0.2) is 0 Å². The Morgan fingerprint density at radius 1 is 1.00 bits per heavy atom. The minimum atomic E-state index is -0.628. The Morgan fingerprint density at radius 3 is 2.00 bits per heavy atom. The first kappa shape index (κ1) is 17.2. The van der Waals surface area contributed by atoms with Crippen LogP contribution in [0.5, 0.6) is 0 Å². The highest BCUT2D eigenvalue weighted by atomic mass is 35.5. The van der Waals surface area contributed by atoms with Crippen LogP contribution in [0.3, 0.4) is 0 Å². The van der Waals surface area contributed by atoms with Crippen molar-refractivity contribution in [1.29, 1.82) is 0 Å². The SMILES string of the molecule is CCNC(=O)CNC(=O)CN1C(=O)c2cc(Cl)c(Cl)cc2C1=O. The van der Waals surface area contributed by atoms with E-state index in [0.717, 1.165) is 4.90 Å². The maximum Gasteiger partial charge on any atom is 0.262 e. The topological polar surface area (TPSA) is 95.6 Å². The fraction of sp³-hybridized carbons (Fsp3) is 0.286. The number of halogens is 2. The van der Waals surface area contributed by atoms with E-state index in [4.69, 9.17) is 23.2 Å². The van der Waals surface area contributed by atoms with Crippen LogP contribution in [-0.4, -0.2) is 48.2 Å². The predicted octanol–water partition coefficient (Wildman–Crippen LogP) is 0.842. The number of carbonyl (C=O) groups excluding carboxylic acids is 4. The molecule has 2 N–H and O–H groups in total. The van der Waals surface area contributed by atoms with Crippen molar-refractivity contribution in [3.05, 3.63) is 33.3 Å². The van der Waals surface area contributed by atoms with E-state index in [1.807, 2.05) is 0 Å². The van der Waals surface area contributed by atoms with E-state index in [9.17, 15) is 19.2 Å². The Balaban J connectivity index is 2.05. The van der Waals surface area contributed by atoms with E-state index in [-0.39, 0.29) is 33.6 Å². The largest absolute Gasteiger partial charge is 0.355 e. The molecule has 0 spiro atoms. The van der Waals surface area contributed by atoms with Crippen molar-refractivity contribution in [3.63, 3.8) is 0 Å². The van der Waals surface area contributed by atoms with Gasteiger partial charge in [-0.05, 0) is 19.1 Å². The third-order valence-electron chi connectivity index (χ3n) is 3.13. The van der Waals surface area contributed by atoms with E-state index in [1.54, 1.807) is 6.92 Å². The molecule has 1 aliphatic rings. The summed E-state index contributed by atoms with van der Waals surface area (Å²) in [6.07, 6.45) is 0. The smallest absolute Gasteiger partial charge is 0.262 e. The molecular weight excluding hydrogens is 345 g/mol. The molecule has 4 amide bonds. The monoisotopic (exact) mass is 357 g/mol. The van der Waals surface area contributed by atoms with Crippen LogP contribution in [0.15, 0.2) is 12.1 Å². The van der Waals surface area contributed by atoms with Crippen LogP contribution in [0, 0.1) is 0 Å². The number of carbonyl (C=O) groups is 4. The van der Waals surface area contributed by atoms with Gasteiger partial charge in [0.05, 0.1) is 27.7 Å². The molecule has 0 saturated heterocycles. The summed E-state index contributed by atoms with van der Waals surface area (Å²) in [5.41, 5.74) is 0.196. The minimum Gasteiger partial charge on any atom is -0.355 e. The number of likely N-dealkylation sites (N-methyl/N-ethyl adjacent to an activating group) is 1. The van der Waals surface area contributed by atoms with Gasteiger partial charge >= 0.3 is 0 Å². The molecule has 122 valence electrons. The highest BCUT2D eigenvalue weighted by molar-refractivity contribution is 6.43. The summed E-state index contributed by atoms with van der Waals surface area (Å²) in [4.78, 5) is 48.2. The van der Waals surface area contributed by atoms with E-state index in [2.05, 4.69) is 10.6 Å². The molecule has 0 bridgehead atoms. The number of fused-ring (bicyclic) bond motifs is 1. The van der Waals surface area contributed by atoms with Gasteiger partial charge in [-0.3, -0.25) is 24.1 Å². The summed E-state index contributed by atoms with van der Waals surface area (Å²) in [6, 6.07) is 2.60. The van der Waals surface area contributed by atoms with Crippen molar-refractivity contribution in [2.75, 3.05) is 19.6 Å². The first-order chi connectivity index (χ1) is 10.8. The molecule has 9 heteroatoms. The Kier molecular flexibility index (Phi) is 5.23. The maximum absolute atomic E-state index is 12.2. The van der Waals surface area contributed by atoms with Crippen molar-refractivity contribution < 1.29 is 19.2 Å². The molecule has 1 aliphatic heterocycles. The number of nitrogens with zero attached hydrogens (tertiary/aromatic N) is 1. The lowest BCUT2D eigenvalue weighted by Gasteiger charge is -2.13. The first-order valence-corrected chi connectivity index (χ1v) is 7.49. The molecule has 0 radical (unpaired) electrons. The molecule has 0 fully saturated rings. The molecule has 1 aromatic rings. The van der Waals surface area contributed by atoms with Gasteiger partial charge in [-0.1, -0.05) is 23.2 Å². The number of amides is 4. The lowest BCUT2D eigenvalue weighted by atomic mass is 10.1. The zero-order chi connectivity index (χ0) is 17.1. The summed E-state index contributed by atoms with van der Waals surface area (Å²) in [6.45, 7) is 1.47. The zero-order valence-electron chi connectivity index (χ0n) is 12.1. The fourth-order valence-corrected chi connectivity index (χ4v) is 2.39. The summed E-state index contributed by atoms with van der Waals surface area (Å²) < 4.78 is 0. The van der Waals surface area contributed by atoms with Gasteiger partial charge in [-0.25, -0.2) is 0 Å². The maximum atomic E-state index is 12.2. The van der Waals surface area contributed by atoms with Crippen LogP contribution < -0.4 is 10.6 Å². The molecule has 0 aliphatic carbocycles. The number of imide groups is 1. The molecule has 2 rings (SSSR count). The molecule has 0 unspecified atom stereocenters. The first-order valence-electron chi connectivity index (χ1n) is 6.73. The Bertz CT molecular complexity index is 665. The summed E-state index contributed by atoms with van der Waals surface area (Å²) in [5, 5.41) is 5.14. The van der Waals surface area contributed by atoms with Crippen molar-refractivity contribution in [1.82, 2.24) is 15.5 Å². The second-order valence-corrected chi connectivity index (χ2v) is 5.55. The predicted molar refractivity (Wildman–Crippen MR) is 83.5 cm³/mol. The van der Waals surface area contributed by atoms with E-state index >= 15 is 0 Å². The highest BCUT2D eigenvalue weighted by Crippen LogP contribution is 2.31. The van der Waals surface area contributed by atoms with Crippen LogP contribution in [0.4, 0.5) is 0 Å².